The van der Waals surface area contributed by atoms with Crippen LogP contribution in [0.2, 0.25) is 0 Å². The van der Waals surface area contributed by atoms with Gasteiger partial charge in [-0.05, 0) is 56.4 Å². The third-order valence-electron chi connectivity index (χ3n) is 4.54. The molecule has 0 aliphatic heterocycles. The summed E-state index contributed by atoms with van der Waals surface area (Å²) >= 11 is 0. The molecule has 2 aromatic heterocycles. The molecule has 28 heavy (non-hydrogen) atoms. The highest BCUT2D eigenvalue weighted by molar-refractivity contribution is 5.87. The summed E-state index contributed by atoms with van der Waals surface area (Å²) < 4.78 is 0. The second-order valence-corrected chi connectivity index (χ2v) is 6.56. The van der Waals surface area contributed by atoms with Crippen LogP contribution in [0.3, 0.4) is 0 Å². The molecule has 0 fully saturated rings. The van der Waals surface area contributed by atoms with Crippen LogP contribution in [-0.4, -0.2) is 17.0 Å². The van der Waals surface area contributed by atoms with Crippen LogP contribution >= 0.6 is 0 Å². The van der Waals surface area contributed by atoms with Crippen molar-refractivity contribution in [3.8, 4) is 0 Å². The average molecular weight is 380 g/mol. The molecular weight excluding hydrogens is 342 g/mol. The summed E-state index contributed by atoms with van der Waals surface area (Å²) in [5, 5.41) is 5.28. The summed E-state index contributed by atoms with van der Waals surface area (Å²) in [4.78, 5) is 9.13. The maximum atomic E-state index is 4.71. The molecule has 2 rings (SSSR count). The summed E-state index contributed by atoms with van der Waals surface area (Å²) in [7, 11) is 1.88. The molecule has 2 heterocycles. The van der Waals surface area contributed by atoms with E-state index in [1.165, 1.54) is 29.6 Å². The largest absolute Gasteiger partial charge is 0.373 e. The molecule has 0 atom stereocenters. The zero-order valence-corrected chi connectivity index (χ0v) is 18.8. The molecule has 3 nitrogen and oxygen atoms in total. The van der Waals surface area contributed by atoms with Crippen LogP contribution in [0.4, 0.5) is 5.82 Å². The van der Waals surface area contributed by atoms with Gasteiger partial charge in [0.2, 0.25) is 0 Å². The molecule has 0 aliphatic rings. The van der Waals surface area contributed by atoms with Gasteiger partial charge in [0.15, 0.2) is 0 Å². The lowest BCUT2D eigenvalue weighted by Gasteiger charge is -2.11. The number of rotatable bonds is 8. The van der Waals surface area contributed by atoms with Gasteiger partial charge in [0.1, 0.15) is 5.82 Å². The van der Waals surface area contributed by atoms with E-state index in [-0.39, 0.29) is 0 Å². The molecule has 0 radical (unpaired) electrons. The molecular formula is C25H37N3. The SMILES string of the molecule is CC.C\C=C(/C(C)=C\C(=C\CC)CCCC)c1cc2cnc(NC)cc2cn1. The first-order valence-corrected chi connectivity index (χ1v) is 10.6. The Hall–Kier alpha value is -2.42. The lowest BCUT2D eigenvalue weighted by atomic mass is 9.97. The summed E-state index contributed by atoms with van der Waals surface area (Å²) in [5.74, 6) is 0.861. The maximum absolute atomic E-state index is 4.71. The molecule has 0 saturated heterocycles. The van der Waals surface area contributed by atoms with Gasteiger partial charge in [0.05, 0.1) is 5.69 Å². The van der Waals surface area contributed by atoms with Gasteiger partial charge in [0, 0.05) is 30.2 Å². The molecule has 0 unspecified atom stereocenters. The highest BCUT2D eigenvalue weighted by Gasteiger charge is 2.08. The summed E-state index contributed by atoms with van der Waals surface area (Å²) in [5.41, 5.74) is 4.87. The molecule has 0 amide bonds. The molecule has 3 heteroatoms. The third kappa shape index (κ3) is 6.63. The van der Waals surface area contributed by atoms with Crippen molar-refractivity contribution in [1.29, 1.82) is 0 Å². The van der Waals surface area contributed by atoms with Crippen molar-refractivity contribution in [2.24, 2.45) is 0 Å². The topological polar surface area (TPSA) is 37.8 Å². The number of nitrogens with zero attached hydrogens (tertiary/aromatic N) is 2. The van der Waals surface area contributed by atoms with E-state index in [0.29, 0.717) is 0 Å². The van der Waals surface area contributed by atoms with E-state index < -0.39 is 0 Å². The number of anilines is 1. The Bertz CT molecular complexity index is 829. The lowest BCUT2D eigenvalue weighted by molar-refractivity contribution is 0.794. The van der Waals surface area contributed by atoms with E-state index in [0.717, 1.165) is 35.1 Å². The van der Waals surface area contributed by atoms with Crippen molar-refractivity contribution >= 4 is 22.2 Å². The van der Waals surface area contributed by atoms with Crippen LogP contribution in [0.25, 0.3) is 16.3 Å². The average Bonchev–Trinajstić information content (AvgIpc) is 2.73. The zero-order valence-electron chi connectivity index (χ0n) is 18.8. The van der Waals surface area contributed by atoms with Gasteiger partial charge >= 0.3 is 0 Å². The van der Waals surface area contributed by atoms with Crippen LogP contribution in [0, 0.1) is 0 Å². The van der Waals surface area contributed by atoms with Crippen molar-refractivity contribution < 1.29 is 0 Å². The van der Waals surface area contributed by atoms with Crippen LogP contribution < -0.4 is 5.32 Å². The van der Waals surface area contributed by atoms with Gasteiger partial charge in [-0.15, -0.1) is 0 Å². The second-order valence-electron chi connectivity index (χ2n) is 6.56. The minimum Gasteiger partial charge on any atom is -0.373 e. The fourth-order valence-corrected chi connectivity index (χ4v) is 3.13. The quantitative estimate of drug-likeness (QED) is 0.480. The number of hydrogen-bond donors (Lipinski definition) is 1. The van der Waals surface area contributed by atoms with Crippen molar-refractivity contribution in [3.05, 3.63) is 59.6 Å². The van der Waals surface area contributed by atoms with Crippen molar-refractivity contribution in [2.75, 3.05) is 12.4 Å². The van der Waals surface area contributed by atoms with Gasteiger partial charge < -0.3 is 5.32 Å². The molecule has 2 aromatic rings. The van der Waals surface area contributed by atoms with Gasteiger partial charge in [-0.3, -0.25) is 4.98 Å². The first-order valence-electron chi connectivity index (χ1n) is 10.6. The fourth-order valence-electron chi connectivity index (χ4n) is 3.13. The minimum absolute atomic E-state index is 0.861. The number of allylic oxidation sites excluding steroid dienone is 6. The smallest absolute Gasteiger partial charge is 0.126 e. The van der Waals surface area contributed by atoms with Crippen molar-refractivity contribution in [1.82, 2.24) is 9.97 Å². The Morgan fingerprint density at radius 2 is 1.75 bits per heavy atom. The number of nitrogens with one attached hydrogen (secondary N) is 1. The van der Waals surface area contributed by atoms with E-state index in [4.69, 9.17) is 4.98 Å². The summed E-state index contributed by atoms with van der Waals surface area (Å²) in [6.45, 7) is 12.7. The van der Waals surface area contributed by atoms with Crippen molar-refractivity contribution in [2.45, 2.75) is 67.2 Å². The lowest BCUT2D eigenvalue weighted by Crippen LogP contribution is -1.95. The number of aromatic nitrogens is 2. The normalized spacial score (nSPS) is 12.6. The molecule has 0 bridgehead atoms. The van der Waals surface area contributed by atoms with E-state index in [1.54, 1.807) is 0 Å². The summed E-state index contributed by atoms with van der Waals surface area (Å²) in [6.07, 6.45) is 15.3. The molecule has 1 N–H and O–H groups in total. The van der Waals surface area contributed by atoms with Crippen LogP contribution in [-0.2, 0) is 0 Å². The molecule has 0 spiro atoms. The second kappa shape index (κ2) is 12.9. The molecule has 152 valence electrons. The molecule has 0 aromatic carbocycles. The maximum Gasteiger partial charge on any atom is 0.126 e. The van der Waals surface area contributed by atoms with E-state index >= 15 is 0 Å². The number of hydrogen-bond acceptors (Lipinski definition) is 3. The van der Waals surface area contributed by atoms with Gasteiger partial charge in [-0.2, -0.15) is 0 Å². The van der Waals surface area contributed by atoms with E-state index in [2.05, 4.69) is 62.3 Å². The number of pyridine rings is 2. The highest BCUT2D eigenvalue weighted by Crippen LogP contribution is 2.26. The zero-order chi connectivity index (χ0) is 20.9. The van der Waals surface area contributed by atoms with Gasteiger partial charge in [0.25, 0.3) is 0 Å². The summed E-state index contributed by atoms with van der Waals surface area (Å²) in [6, 6.07) is 4.15. The minimum atomic E-state index is 0.861. The molecule has 0 aliphatic carbocycles. The van der Waals surface area contributed by atoms with Gasteiger partial charge in [-0.25, -0.2) is 4.98 Å². The Morgan fingerprint density at radius 3 is 2.36 bits per heavy atom. The van der Waals surface area contributed by atoms with Gasteiger partial charge in [-0.1, -0.05) is 57.9 Å². The van der Waals surface area contributed by atoms with Crippen LogP contribution in [0.5, 0.6) is 0 Å². The first kappa shape index (κ1) is 23.6. The fraction of sp³-hybridized carbons (Fsp3) is 0.440. The van der Waals surface area contributed by atoms with Crippen LogP contribution in [0.1, 0.15) is 72.9 Å². The Labute approximate surface area is 171 Å². The van der Waals surface area contributed by atoms with Crippen molar-refractivity contribution in [3.63, 3.8) is 0 Å². The predicted molar refractivity (Wildman–Crippen MR) is 126 cm³/mol. The van der Waals surface area contributed by atoms with Crippen LogP contribution in [0.15, 0.2) is 53.9 Å². The molecule has 0 saturated carbocycles. The number of fused-ring (bicyclic) bond motifs is 1. The number of unbranched alkanes of at least 4 members (excludes halogenated alkanes) is 1. The van der Waals surface area contributed by atoms with E-state index in [1.807, 2.05) is 39.4 Å². The van der Waals surface area contributed by atoms with E-state index in [9.17, 15) is 0 Å². The standard InChI is InChI=1S/C23H31N3.C2H6/c1-6-9-11-18(10-7-2)12-17(4)21(8-3)22-13-19-16-26-23(24-5)14-20(19)15-25-22;1-2/h8,10,12-16H,6-7,9,11H2,1-5H3,(H,24,26);1-2H3/b17-12-,18-10+,21-8+;. The first-order chi connectivity index (χ1) is 13.6. The Morgan fingerprint density at radius 1 is 1.07 bits per heavy atom. The Kier molecular flexibility index (Phi) is 10.9. The third-order valence-corrected chi connectivity index (χ3v) is 4.54. The monoisotopic (exact) mass is 379 g/mol. The predicted octanol–water partition coefficient (Wildman–Crippen LogP) is 7.57. The highest BCUT2D eigenvalue weighted by atomic mass is 14.9. The Balaban J connectivity index is 0.00000190.